The zero-order valence-corrected chi connectivity index (χ0v) is 12.0. The first-order valence-corrected chi connectivity index (χ1v) is 7.12. The first-order chi connectivity index (χ1) is 9.70. The maximum atomic E-state index is 12.8. The number of carbonyl (C=O) groups is 1. The third-order valence-electron chi connectivity index (χ3n) is 3.41. The second-order valence-corrected chi connectivity index (χ2v) is 5.97. The molecule has 0 saturated carbocycles. The highest BCUT2D eigenvalue weighted by atomic mass is 32.1. The van der Waals surface area contributed by atoms with Gasteiger partial charge in [0, 0.05) is 19.2 Å². The number of carbonyl (C=O) groups excluding carboxylic acids is 1. The molecule has 0 aromatic carbocycles. The Morgan fingerprint density at radius 3 is 2.71 bits per heavy atom. The van der Waals surface area contributed by atoms with Gasteiger partial charge in [-0.25, -0.2) is 0 Å². The minimum Gasteiger partial charge on any atom is -0.357 e. The van der Waals surface area contributed by atoms with Crippen LogP contribution in [0.3, 0.4) is 0 Å². The van der Waals surface area contributed by atoms with Gasteiger partial charge < -0.3 is 4.90 Å². The Morgan fingerprint density at radius 1 is 1.52 bits per heavy atom. The summed E-state index contributed by atoms with van der Waals surface area (Å²) in [4.78, 5) is 23.3. The van der Waals surface area contributed by atoms with E-state index < -0.39 is 17.0 Å². The second kappa shape index (κ2) is 5.63. The predicted molar refractivity (Wildman–Crippen MR) is 72.0 cm³/mol. The van der Waals surface area contributed by atoms with Crippen LogP contribution in [0.5, 0.6) is 0 Å². The Kier molecular flexibility index (Phi) is 4.22. The fraction of sp³-hybridized carbons (Fsp3) is 0.583. The topological polar surface area (TPSA) is 63.4 Å². The number of nitro groups is 1. The van der Waals surface area contributed by atoms with Gasteiger partial charge in [0.15, 0.2) is 10.8 Å². The van der Waals surface area contributed by atoms with E-state index in [0.717, 1.165) is 17.4 Å². The quantitative estimate of drug-likeness (QED) is 0.484. The lowest BCUT2D eigenvalue weighted by Crippen LogP contribution is -2.41. The third kappa shape index (κ3) is 3.34. The molecule has 116 valence electrons. The summed E-state index contributed by atoms with van der Waals surface area (Å²) in [7, 11) is 0. The molecule has 9 heteroatoms. The van der Waals surface area contributed by atoms with Crippen molar-refractivity contribution in [3.8, 4) is 0 Å². The molecule has 0 N–H and O–H groups in total. The van der Waals surface area contributed by atoms with Gasteiger partial charge in [-0.15, -0.1) is 11.3 Å². The van der Waals surface area contributed by atoms with Crippen LogP contribution in [0.2, 0.25) is 0 Å². The number of halogens is 3. The highest BCUT2D eigenvalue weighted by Crippen LogP contribution is 2.42. The SMILES string of the molecule is CC(=O)c1cc([N+](=O)[O-])c(N2CCCC(C(F)(F)F)C2)s1. The summed E-state index contributed by atoms with van der Waals surface area (Å²) in [5.41, 5.74) is -0.298. The molecule has 1 aliphatic rings. The largest absolute Gasteiger partial charge is 0.393 e. The molecule has 1 fully saturated rings. The van der Waals surface area contributed by atoms with Crippen LogP contribution < -0.4 is 4.90 Å². The lowest BCUT2D eigenvalue weighted by atomic mass is 9.98. The van der Waals surface area contributed by atoms with Gasteiger partial charge in [0.25, 0.3) is 0 Å². The summed E-state index contributed by atoms with van der Waals surface area (Å²) in [6.07, 6.45) is -3.97. The summed E-state index contributed by atoms with van der Waals surface area (Å²) < 4.78 is 38.4. The second-order valence-electron chi connectivity index (χ2n) is 4.94. The monoisotopic (exact) mass is 322 g/mol. The molecule has 0 amide bonds. The van der Waals surface area contributed by atoms with Gasteiger partial charge in [-0.2, -0.15) is 13.2 Å². The average molecular weight is 322 g/mol. The fourth-order valence-corrected chi connectivity index (χ4v) is 3.39. The number of piperidine rings is 1. The maximum Gasteiger partial charge on any atom is 0.393 e. The predicted octanol–water partition coefficient (Wildman–Crippen LogP) is 3.64. The van der Waals surface area contributed by atoms with E-state index >= 15 is 0 Å². The van der Waals surface area contributed by atoms with Crippen molar-refractivity contribution < 1.29 is 22.9 Å². The van der Waals surface area contributed by atoms with E-state index in [0.29, 0.717) is 13.0 Å². The Morgan fingerprint density at radius 2 is 2.19 bits per heavy atom. The maximum absolute atomic E-state index is 12.8. The Hall–Kier alpha value is -1.64. The van der Waals surface area contributed by atoms with Crippen LogP contribution in [-0.4, -0.2) is 30.0 Å². The van der Waals surface area contributed by atoms with Gasteiger partial charge >= 0.3 is 11.9 Å². The van der Waals surface area contributed by atoms with E-state index in [2.05, 4.69) is 0 Å². The Labute approximate surface area is 122 Å². The molecule has 5 nitrogen and oxygen atoms in total. The van der Waals surface area contributed by atoms with Crippen molar-refractivity contribution in [1.82, 2.24) is 0 Å². The van der Waals surface area contributed by atoms with Crippen LogP contribution in [0.1, 0.15) is 29.4 Å². The van der Waals surface area contributed by atoms with Gasteiger partial charge in [0.1, 0.15) is 0 Å². The standard InChI is InChI=1S/C12H13F3N2O3S/c1-7(18)10-5-9(17(19)20)11(21-10)16-4-2-3-8(6-16)12(13,14)15/h5,8H,2-4,6H2,1H3. The van der Waals surface area contributed by atoms with Crippen molar-refractivity contribution >= 4 is 27.8 Å². The van der Waals surface area contributed by atoms with Gasteiger partial charge in [-0.05, 0) is 19.8 Å². The number of ketones is 1. The lowest BCUT2D eigenvalue weighted by Gasteiger charge is -2.33. The third-order valence-corrected chi connectivity index (χ3v) is 4.69. The number of alkyl halides is 3. The number of hydrogen-bond acceptors (Lipinski definition) is 5. The van der Waals surface area contributed by atoms with Crippen LogP contribution in [0, 0.1) is 16.0 Å². The minimum atomic E-state index is -4.31. The number of anilines is 1. The van der Waals surface area contributed by atoms with E-state index in [1.54, 1.807) is 0 Å². The molecule has 0 bridgehead atoms. The molecule has 0 spiro atoms. The highest BCUT2D eigenvalue weighted by molar-refractivity contribution is 7.18. The molecular formula is C12H13F3N2O3S. The zero-order chi connectivity index (χ0) is 15.8. The van der Waals surface area contributed by atoms with Crippen LogP contribution in [0.4, 0.5) is 23.9 Å². The van der Waals surface area contributed by atoms with E-state index in [9.17, 15) is 28.1 Å². The summed E-state index contributed by atoms with van der Waals surface area (Å²) in [5, 5.41) is 11.2. The molecule has 1 aromatic heterocycles. The molecule has 0 aliphatic carbocycles. The molecule has 1 atom stereocenters. The van der Waals surface area contributed by atoms with Crippen LogP contribution in [0.15, 0.2) is 6.07 Å². The normalized spacial score (nSPS) is 19.6. The molecule has 2 heterocycles. The van der Waals surface area contributed by atoms with Crippen molar-refractivity contribution in [2.24, 2.45) is 5.92 Å². The number of nitrogens with zero attached hydrogens (tertiary/aromatic N) is 2. The van der Waals surface area contributed by atoms with Gasteiger partial charge in [-0.1, -0.05) is 0 Å². The molecule has 0 radical (unpaired) electrons. The summed E-state index contributed by atoms with van der Waals surface area (Å²) >= 11 is 0.882. The Bertz CT molecular complexity index is 571. The van der Waals surface area contributed by atoms with E-state index in [1.807, 2.05) is 0 Å². The van der Waals surface area contributed by atoms with Gasteiger partial charge in [0.2, 0.25) is 0 Å². The number of rotatable bonds is 3. The molecule has 1 unspecified atom stereocenters. The van der Waals surface area contributed by atoms with E-state index in [-0.39, 0.29) is 34.3 Å². The molecule has 21 heavy (non-hydrogen) atoms. The lowest BCUT2D eigenvalue weighted by molar-refractivity contribution is -0.383. The Balaban J connectivity index is 2.32. The fourth-order valence-electron chi connectivity index (χ4n) is 2.33. The molecule has 1 saturated heterocycles. The average Bonchev–Trinajstić information content (AvgIpc) is 2.83. The highest BCUT2D eigenvalue weighted by Gasteiger charge is 2.43. The molecular weight excluding hydrogens is 309 g/mol. The van der Waals surface area contributed by atoms with Crippen LogP contribution >= 0.6 is 11.3 Å². The van der Waals surface area contributed by atoms with E-state index in [4.69, 9.17) is 0 Å². The van der Waals surface area contributed by atoms with Crippen LogP contribution in [0.25, 0.3) is 0 Å². The van der Waals surface area contributed by atoms with Crippen molar-refractivity contribution in [3.05, 3.63) is 21.1 Å². The molecule has 2 rings (SSSR count). The zero-order valence-electron chi connectivity index (χ0n) is 11.1. The minimum absolute atomic E-state index is 0.0265. The summed E-state index contributed by atoms with van der Waals surface area (Å²) in [6, 6.07) is 1.14. The number of hydrogen-bond donors (Lipinski definition) is 0. The molecule has 1 aromatic rings. The van der Waals surface area contributed by atoms with Gasteiger partial charge in [-0.3, -0.25) is 14.9 Å². The summed E-state index contributed by atoms with van der Waals surface area (Å²) in [5.74, 6) is -1.83. The van der Waals surface area contributed by atoms with E-state index in [1.165, 1.54) is 11.8 Å². The number of Topliss-reactive ketones (excluding diaryl/α,β-unsaturated/α-hetero) is 1. The first kappa shape index (κ1) is 15.7. The van der Waals surface area contributed by atoms with Gasteiger partial charge in [0.05, 0.1) is 15.7 Å². The smallest absolute Gasteiger partial charge is 0.357 e. The van der Waals surface area contributed by atoms with Crippen molar-refractivity contribution in [2.45, 2.75) is 25.9 Å². The van der Waals surface area contributed by atoms with Crippen molar-refractivity contribution in [1.29, 1.82) is 0 Å². The van der Waals surface area contributed by atoms with Crippen molar-refractivity contribution in [3.63, 3.8) is 0 Å². The van der Waals surface area contributed by atoms with Crippen LogP contribution in [-0.2, 0) is 0 Å². The number of thiophene rings is 1. The summed E-state index contributed by atoms with van der Waals surface area (Å²) in [6.45, 7) is 1.29. The van der Waals surface area contributed by atoms with Crippen molar-refractivity contribution in [2.75, 3.05) is 18.0 Å². The first-order valence-electron chi connectivity index (χ1n) is 6.31. The molecule has 1 aliphatic heterocycles.